The molecule has 2 atom stereocenters. The van der Waals surface area contributed by atoms with Crippen LogP contribution in [0.15, 0.2) is 17.7 Å². The number of hydrogen-bond acceptors (Lipinski definition) is 3. The third-order valence-electron chi connectivity index (χ3n) is 5.85. The number of amides is 1. The lowest BCUT2D eigenvalue weighted by Gasteiger charge is -2.29. The van der Waals surface area contributed by atoms with Gasteiger partial charge in [-0.1, -0.05) is 61.3 Å². The summed E-state index contributed by atoms with van der Waals surface area (Å²) >= 11 is 0. The maximum absolute atomic E-state index is 12.8. The highest BCUT2D eigenvalue weighted by Gasteiger charge is 2.27. The fraction of sp³-hybridized carbons (Fsp3) is 0.600. The summed E-state index contributed by atoms with van der Waals surface area (Å²) in [7, 11) is 0. The number of carbonyl (C=O) groups excluding carboxylic acids is 1. The van der Waals surface area contributed by atoms with Gasteiger partial charge in [-0.25, -0.2) is 0 Å². The average molecular weight is 397 g/mol. The van der Waals surface area contributed by atoms with Crippen LogP contribution in [0.4, 0.5) is 0 Å². The van der Waals surface area contributed by atoms with Crippen LogP contribution in [0.5, 0.6) is 5.75 Å². The monoisotopic (exact) mass is 396 g/mol. The molecule has 4 heteroatoms. The Kier molecular flexibility index (Phi) is 6.83. The van der Waals surface area contributed by atoms with Crippen molar-refractivity contribution in [1.82, 2.24) is 5.32 Å². The van der Waals surface area contributed by atoms with Crippen LogP contribution in [-0.2, 0) is 15.6 Å². The van der Waals surface area contributed by atoms with Crippen LogP contribution < -0.4 is 5.32 Å². The molecule has 0 aliphatic heterocycles. The number of phenolic OH excluding ortho intramolecular Hbond substituents is 1. The molecule has 1 fully saturated rings. The van der Waals surface area contributed by atoms with Gasteiger partial charge in [0, 0.05) is 17.2 Å². The van der Waals surface area contributed by atoms with Gasteiger partial charge in [0.05, 0.1) is 0 Å². The highest BCUT2D eigenvalue weighted by atomic mass is 16.3. The zero-order valence-electron chi connectivity index (χ0n) is 19.0. The van der Waals surface area contributed by atoms with Crippen LogP contribution in [-0.4, -0.2) is 17.1 Å². The highest BCUT2D eigenvalue weighted by molar-refractivity contribution is 6.01. The molecular weight excluding hydrogens is 360 g/mol. The van der Waals surface area contributed by atoms with Gasteiger partial charge in [-0.3, -0.25) is 4.79 Å². The molecule has 1 aromatic carbocycles. The molecule has 1 aliphatic rings. The van der Waals surface area contributed by atoms with Crippen molar-refractivity contribution in [3.05, 3.63) is 34.4 Å². The van der Waals surface area contributed by atoms with Gasteiger partial charge in [0.25, 0.3) is 5.91 Å². The molecule has 158 valence electrons. The van der Waals surface area contributed by atoms with Gasteiger partial charge in [0.15, 0.2) is 0 Å². The Morgan fingerprint density at radius 1 is 1.10 bits per heavy atom. The minimum Gasteiger partial charge on any atom is -0.507 e. The third kappa shape index (κ3) is 5.63. The number of benzene rings is 1. The van der Waals surface area contributed by atoms with E-state index in [4.69, 9.17) is 0 Å². The Labute approximate surface area is 176 Å². The summed E-state index contributed by atoms with van der Waals surface area (Å²) in [6.07, 6.45) is 6.04. The number of nitrogens with zero attached hydrogens (tertiary/aromatic N) is 1. The Morgan fingerprint density at radius 2 is 1.62 bits per heavy atom. The van der Waals surface area contributed by atoms with E-state index in [-0.39, 0.29) is 28.4 Å². The van der Waals surface area contributed by atoms with E-state index in [2.05, 4.69) is 18.3 Å². The average Bonchev–Trinajstić information content (AvgIpc) is 2.60. The van der Waals surface area contributed by atoms with Crippen LogP contribution in [0.3, 0.4) is 0 Å². The van der Waals surface area contributed by atoms with Crippen LogP contribution in [0.1, 0.15) is 90.8 Å². The normalized spacial score (nSPS) is 20.8. The predicted molar refractivity (Wildman–Crippen MR) is 119 cm³/mol. The van der Waals surface area contributed by atoms with Crippen LogP contribution in [0.2, 0.25) is 0 Å². The molecule has 1 amide bonds. The lowest BCUT2D eigenvalue weighted by atomic mass is 9.78. The highest BCUT2D eigenvalue weighted by Crippen LogP contribution is 2.40. The standard InChI is InChI=1S/C25H36N2O2/c1-16-10-8-9-11-21(16)27-23(29)18(15-26)12-17-13-19(24(2,3)4)22(28)20(14-17)25(5,6)7/h12-14,16,21,28H,8-11H2,1-7H3,(H,27,29)/b18-12+/t16-,21-/m1/s1. The summed E-state index contributed by atoms with van der Waals surface area (Å²) in [6, 6.07) is 5.97. The van der Waals surface area contributed by atoms with Crippen LogP contribution >= 0.6 is 0 Å². The van der Waals surface area contributed by atoms with Crippen molar-refractivity contribution in [2.75, 3.05) is 0 Å². The fourth-order valence-corrected chi connectivity index (χ4v) is 3.98. The Balaban J connectivity index is 2.44. The zero-order valence-corrected chi connectivity index (χ0v) is 19.0. The molecule has 4 nitrogen and oxygen atoms in total. The van der Waals surface area contributed by atoms with Crippen LogP contribution in [0, 0.1) is 17.2 Å². The summed E-state index contributed by atoms with van der Waals surface area (Å²) in [5.74, 6) is 0.413. The van der Waals surface area contributed by atoms with E-state index >= 15 is 0 Å². The number of aromatic hydroxyl groups is 1. The van der Waals surface area contributed by atoms with E-state index in [1.165, 1.54) is 6.42 Å². The van der Waals surface area contributed by atoms with Gasteiger partial charge < -0.3 is 10.4 Å². The topological polar surface area (TPSA) is 73.1 Å². The van der Waals surface area contributed by atoms with Crippen molar-refractivity contribution in [3.63, 3.8) is 0 Å². The first-order chi connectivity index (χ1) is 13.3. The SMILES string of the molecule is C[C@@H]1CCCC[C@H]1NC(=O)/C(C#N)=C/c1cc(C(C)(C)C)c(O)c(C(C)(C)C)c1. The first-order valence-electron chi connectivity index (χ1n) is 10.6. The summed E-state index contributed by atoms with van der Waals surface area (Å²) in [6.45, 7) is 14.4. The molecule has 0 heterocycles. The van der Waals surface area contributed by atoms with E-state index in [1.54, 1.807) is 6.08 Å². The van der Waals surface area contributed by atoms with Gasteiger partial charge in [-0.05, 0) is 53.4 Å². The molecule has 0 bridgehead atoms. The zero-order chi connectivity index (χ0) is 22.0. The summed E-state index contributed by atoms with van der Waals surface area (Å²) < 4.78 is 0. The Hall–Kier alpha value is -2.28. The van der Waals surface area contributed by atoms with Crippen molar-refractivity contribution < 1.29 is 9.90 Å². The van der Waals surface area contributed by atoms with Crippen LogP contribution in [0.25, 0.3) is 6.08 Å². The summed E-state index contributed by atoms with van der Waals surface area (Å²) in [4.78, 5) is 12.8. The molecular formula is C25H36N2O2. The predicted octanol–water partition coefficient (Wildman–Crippen LogP) is 5.59. The van der Waals surface area contributed by atoms with E-state index in [0.717, 1.165) is 36.0 Å². The smallest absolute Gasteiger partial charge is 0.262 e. The second-order valence-corrected chi connectivity index (χ2v) is 10.5. The van der Waals surface area contributed by atoms with Crippen molar-refractivity contribution in [2.45, 2.75) is 91.0 Å². The molecule has 0 saturated heterocycles. The number of carbonyl (C=O) groups is 1. The molecule has 1 aliphatic carbocycles. The molecule has 0 aromatic heterocycles. The van der Waals surface area contributed by atoms with E-state index in [1.807, 2.05) is 53.7 Å². The quantitative estimate of drug-likeness (QED) is 0.517. The number of phenols is 1. The van der Waals surface area contributed by atoms with E-state index in [9.17, 15) is 15.2 Å². The number of nitriles is 1. The lowest BCUT2D eigenvalue weighted by molar-refractivity contribution is -0.118. The van der Waals surface area contributed by atoms with Crippen molar-refractivity contribution in [1.29, 1.82) is 5.26 Å². The minimum atomic E-state index is -0.311. The van der Waals surface area contributed by atoms with Gasteiger partial charge >= 0.3 is 0 Å². The number of rotatable bonds is 3. The third-order valence-corrected chi connectivity index (χ3v) is 5.85. The first-order valence-corrected chi connectivity index (χ1v) is 10.6. The molecule has 1 saturated carbocycles. The first kappa shape index (κ1) is 23.0. The number of hydrogen-bond donors (Lipinski definition) is 2. The van der Waals surface area contributed by atoms with Gasteiger partial charge in [0.2, 0.25) is 0 Å². The largest absolute Gasteiger partial charge is 0.507 e. The summed E-state index contributed by atoms with van der Waals surface area (Å²) in [5, 5.41) is 23.6. The van der Waals surface area contributed by atoms with Crippen molar-refractivity contribution in [2.24, 2.45) is 5.92 Å². The van der Waals surface area contributed by atoms with E-state index < -0.39 is 0 Å². The van der Waals surface area contributed by atoms with Crippen molar-refractivity contribution >= 4 is 12.0 Å². The van der Waals surface area contributed by atoms with Gasteiger partial charge in [-0.15, -0.1) is 0 Å². The maximum Gasteiger partial charge on any atom is 0.262 e. The van der Waals surface area contributed by atoms with Crippen molar-refractivity contribution in [3.8, 4) is 11.8 Å². The second kappa shape index (κ2) is 8.61. The van der Waals surface area contributed by atoms with Gasteiger partial charge in [0.1, 0.15) is 17.4 Å². The summed E-state index contributed by atoms with van der Waals surface area (Å²) in [5.41, 5.74) is 1.97. The molecule has 0 spiro atoms. The minimum absolute atomic E-state index is 0.105. The molecule has 0 unspecified atom stereocenters. The molecule has 1 aromatic rings. The Morgan fingerprint density at radius 3 is 2.07 bits per heavy atom. The molecule has 0 radical (unpaired) electrons. The second-order valence-electron chi connectivity index (χ2n) is 10.5. The lowest BCUT2D eigenvalue weighted by Crippen LogP contribution is -2.41. The molecule has 2 rings (SSSR count). The maximum atomic E-state index is 12.8. The Bertz CT molecular complexity index is 797. The molecule has 2 N–H and O–H groups in total. The van der Waals surface area contributed by atoms with E-state index in [0.29, 0.717) is 11.7 Å². The number of nitrogens with one attached hydrogen (secondary N) is 1. The molecule has 29 heavy (non-hydrogen) atoms. The fourth-order valence-electron chi connectivity index (χ4n) is 3.98. The van der Waals surface area contributed by atoms with Gasteiger partial charge in [-0.2, -0.15) is 5.26 Å².